The van der Waals surface area contributed by atoms with Gasteiger partial charge in [0.2, 0.25) is 0 Å². The lowest BCUT2D eigenvalue weighted by Gasteiger charge is -2.07. The van der Waals surface area contributed by atoms with E-state index in [2.05, 4.69) is 13.2 Å². The zero-order chi connectivity index (χ0) is 13.8. The van der Waals surface area contributed by atoms with Gasteiger partial charge in [0.25, 0.3) is 0 Å². The molecule has 0 unspecified atom stereocenters. The minimum absolute atomic E-state index is 0.227. The number of rotatable bonds is 11. The summed E-state index contributed by atoms with van der Waals surface area (Å²) in [6.07, 6.45) is 0. The number of carbonyl (C=O) groups is 1. The number of esters is 1. The summed E-state index contributed by atoms with van der Waals surface area (Å²) in [7, 11) is 0. The SMILES string of the molecule is C=C(C)OCCOCCOCCOC(=O)C(=C)C. The van der Waals surface area contributed by atoms with E-state index < -0.39 is 5.97 Å². The molecule has 5 nitrogen and oxygen atoms in total. The van der Waals surface area contributed by atoms with Gasteiger partial charge in [0.15, 0.2) is 0 Å². The molecule has 0 aliphatic carbocycles. The minimum atomic E-state index is -0.396. The largest absolute Gasteiger partial charge is 0.496 e. The molecule has 0 aromatic heterocycles. The van der Waals surface area contributed by atoms with Gasteiger partial charge in [0.1, 0.15) is 13.2 Å². The summed E-state index contributed by atoms with van der Waals surface area (Å²) in [6, 6.07) is 0. The standard InChI is InChI=1S/C13H22O5/c1-11(2)13(14)18-10-8-16-6-5-15-7-9-17-12(3)4/h1,3,5-10H2,2,4H3. The van der Waals surface area contributed by atoms with Gasteiger partial charge >= 0.3 is 5.97 Å². The van der Waals surface area contributed by atoms with E-state index >= 15 is 0 Å². The van der Waals surface area contributed by atoms with E-state index in [0.717, 1.165) is 0 Å². The number of carbonyl (C=O) groups excluding carboxylic acids is 1. The van der Waals surface area contributed by atoms with Crippen molar-refractivity contribution in [2.24, 2.45) is 0 Å². The molecule has 0 atom stereocenters. The summed E-state index contributed by atoms with van der Waals surface area (Å²) in [5, 5.41) is 0. The summed E-state index contributed by atoms with van der Waals surface area (Å²) in [5.41, 5.74) is 0.385. The first kappa shape index (κ1) is 16.7. The summed E-state index contributed by atoms with van der Waals surface area (Å²) >= 11 is 0. The molecule has 5 heteroatoms. The van der Waals surface area contributed by atoms with Crippen LogP contribution in [0, 0.1) is 0 Å². The normalized spacial score (nSPS) is 9.89. The van der Waals surface area contributed by atoms with Crippen molar-refractivity contribution in [3.05, 3.63) is 24.5 Å². The zero-order valence-corrected chi connectivity index (χ0v) is 11.2. The van der Waals surface area contributed by atoms with Crippen LogP contribution in [0.1, 0.15) is 13.8 Å². The van der Waals surface area contributed by atoms with E-state index in [9.17, 15) is 4.79 Å². The van der Waals surface area contributed by atoms with Crippen LogP contribution in [0.2, 0.25) is 0 Å². The third-order valence-electron chi connectivity index (χ3n) is 1.76. The highest BCUT2D eigenvalue weighted by Crippen LogP contribution is 1.92. The van der Waals surface area contributed by atoms with E-state index in [1.165, 1.54) is 0 Å². The Morgan fingerprint density at radius 3 is 1.72 bits per heavy atom. The second-order valence-electron chi connectivity index (χ2n) is 3.69. The van der Waals surface area contributed by atoms with Gasteiger partial charge in [-0.3, -0.25) is 0 Å². The summed E-state index contributed by atoms with van der Waals surface area (Å²) in [5.74, 6) is 0.279. The molecule has 0 radical (unpaired) electrons. The van der Waals surface area contributed by atoms with E-state index in [1.807, 2.05) is 0 Å². The van der Waals surface area contributed by atoms with Gasteiger partial charge in [-0.25, -0.2) is 4.79 Å². The fourth-order valence-corrected chi connectivity index (χ4v) is 0.913. The highest BCUT2D eigenvalue weighted by molar-refractivity contribution is 5.86. The second kappa shape index (κ2) is 10.8. The van der Waals surface area contributed by atoms with Crippen molar-refractivity contribution in [3.8, 4) is 0 Å². The first-order valence-electron chi connectivity index (χ1n) is 5.80. The fourth-order valence-electron chi connectivity index (χ4n) is 0.913. The molecule has 104 valence electrons. The van der Waals surface area contributed by atoms with E-state index in [1.54, 1.807) is 13.8 Å². The number of hydrogen-bond donors (Lipinski definition) is 0. The monoisotopic (exact) mass is 258 g/mol. The molecule has 0 saturated carbocycles. The molecule has 0 aliphatic heterocycles. The molecule has 0 aromatic carbocycles. The van der Waals surface area contributed by atoms with Crippen molar-refractivity contribution in [3.63, 3.8) is 0 Å². The topological polar surface area (TPSA) is 54.0 Å². The number of hydrogen-bond acceptors (Lipinski definition) is 5. The Kier molecular flexibility index (Phi) is 10.0. The van der Waals surface area contributed by atoms with Crippen molar-refractivity contribution in [2.75, 3.05) is 39.6 Å². The molecule has 0 aromatic rings. The van der Waals surface area contributed by atoms with Crippen LogP contribution in [0.4, 0.5) is 0 Å². The maximum absolute atomic E-state index is 11.0. The molecule has 0 bridgehead atoms. The minimum Gasteiger partial charge on any atom is -0.496 e. The summed E-state index contributed by atoms with van der Waals surface area (Å²) in [4.78, 5) is 11.0. The van der Waals surface area contributed by atoms with Gasteiger partial charge in [-0.15, -0.1) is 0 Å². The molecule has 0 N–H and O–H groups in total. The lowest BCUT2D eigenvalue weighted by Crippen LogP contribution is -2.14. The van der Waals surface area contributed by atoms with Crippen LogP contribution in [0.25, 0.3) is 0 Å². The van der Waals surface area contributed by atoms with Gasteiger partial charge < -0.3 is 18.9 Å². The van der Waals surface area contributed by atoms with Crippen molar-refractivity contribution < 1.29 is 23.7 Å². The zero-order valence-electron chi connectivity index (χ0n) is 11.2. The molecule has 0 aliphatic rings. The second-order valence-corrected chi connectivity index (χ2v) is 3.69. The first-order chi connectivity index (χ1) is 8.54. The molecular formula is C13H22O5. The van der Waals surface area contributed by atoms with Gasteiger partial charge in [-0.1, -0.05) is 13.2 Å². The van der Waals surface area contributed by atoms with Crippen LogP contribution in [0.15, 0.2) is 24.5 Å². The maximum atomic E-state index is 11.0. The van der Waals surface area contributed by atoms with Crippen molar-refractivity contribution >= 4 is 5.97 Å². The van der Waals surface area contributed by atoms with Gasteiger partial charge in [0, 0.05) is 5.57 Å². The molecule has 0 heterocycles. The van der Waals surface area contributed by atoms with E-state index in [4.69, 9.17) is 18.9 Å². The third-order valence-corrected chi connectivity index (χ3v) is 1.76. The van der Waals surface area contributed by atoms with Crippen LogP contribution in [-0.2, 0) is 23.7 Å². The Labute approximate surface area is 108 Å². The maximum Gasteiger partial charge on any atom is 0.333 e. The molecule has 0 fully saturated rings. The Hall–Kier alpha value is -1.33. The first-order valence-corrected chi connectivity index (χ1v) is 5.80. The van der Waals surface area contributed by atoms with Crippen LogP contribution >= 0.6 is 0 Å². The van der Waals surface area contributed by atoms with E-state index in [-0.39, 0.29) is 6.61 Å². The lowest BCUT2D eigenvalue weighted by molar-refractivity contribution is -0.140. The average Bonchev–Trinajstić information content (AvgIpc) is 2.30. The highest BCUT2D eigenvalue weighted by atomic mass is 16.6. The van der Waals surface area contributed by atoms with Crippen LogP contribution < -0.4 is 0 Å². The third kappa shape index (κ3) is 11.2. The van der Waals surface area contributed by atoms with Gasteiger partial charge in [-0.05, 0) is 13.8 Å². The molecule has 18 heavy (non-hydrogen) atoms. The van der Waals surface area contributed by atoms with E-state index in [0.29, 0.717) is 44.4 Å². The quantitative estimate of drug-likeness (QED) is 0.244. The number of ether oxygens (including phenoxy) is 4. The predicted molar refractivity (Wildman–Crippen MR) is 68.2 cm³/mol. The Balaban J connectivity index is 3.14. The Morgan fingerprint density at radius 1 is 0.833 bits per heavy atom. The number of allylic oxidation sites excluding steroid dienone is 1. The molecular weight excluding hydrogens is 236 g/mol. The van der Waals surface area contributed by atoms with Crippen LogP contribution in [0.3, 0.4) is 0 Å². The molecule has 0 saturated heterocycles. The molecule has 0 rings (SSSR count). The average molecular weight is 258 g/mol. The van der Waals surface area contributed by atoms with Crippen molar-refractivity contribution in [1.82, 2.24) is 0 Å². The van der Waals surface area contributed by atoms with Crippen molar-refractivity contribution in [2.45, 2.75) is 13.8 Å². The summed E-state index contributed by atoms with van der Waals surface area (Å²) < 4.78 is 20.4. The Morgan fingerprint density at radius 2 is 1.28 bits per heavy atom. The predicted octanol–water partition coefficient (Wildman–Crippen LogP) is 1.69. The fraction of sp³-hybridized carbons (Fsp3) is 0.615. The van der Waals surface area contributed by atoms with Gasteiger partial charge in [0.05, 0.1) is 32.2 Å². The summed E-state index contributed by atoms with van der Waals surface area (Å²) in [6.45, 7) is 13.0. The van der Waals surface area contributed by atoms with Crippen LogP contribution in [0.5, 0.6) is 0 Å². The smallest absolute Gasteiger partial charge is 0.333 e. The Bertz CT molecular complexity index is 273. The lowest BCUT2D eigenvalue weighted by atomic mass is 10.4. The van der Waals surface area contributed by atoms with Crippen LogP contribution in [-0.4, -0.2) is 45.6 Å². The molecule has 0 amide bonds. The highest BCUT2D eigenvalue weighted by Gasteiger charge is 2.01. The molecule has 0 spiro atoms. The van der Waals surface area contributed by atoms with Crippen molar-refractivity contribution in [1.29, 1.82) is 0 Å². The van der Waals surface area contributed by atoms with Gasteiger partial charge in [-0.2, -0.15) is 0 Å².